The van der Waals surface area contributed by atoms with Crippen LogP contribution in [0.2, 0.25) is 0 Å². The summed E-state index contributed by atoms with van der Waals surface area (Å²) < 4.78 is 10.8. The predicted octanol–water partition coefficient (Wildman–Crippen LogP) is 4.04. The van der Waals surface area contributed by atoms with Crippen molar-refractivity contribution in [1.29, 1.82) is 0 Å². The summed E-state index contributed by atoms with van der Waals surface area (Å²) in [4.78, 5) is 26.6. The summed E-state index contributed by atoms with van der Waals surface area (Å²) in [6, 6.07) is 9.84. The molecule has 2 aliphatic rings. The van der Waals surface area contributed by atoms with E-state index in [2.05, 4.69) is 17.3 Å². The molecule has 0 spiro atoms. The van der Waals surface area contributed by atoms with Gasteiger partial charge in [0, 0.05) is 30.5 Å². The van der Waals surface area contributed by atoms with Crippen molar-refractivity contribution in [3.8, 4) is 11.3 Å². The van der Waals surface area contributed by atoms with E-state index in [0.717, 1.165) is 36.1 Å². The van der Waals surface area contributed by atoms with Gasteiger partial charge in [-0.2, -0.15) is 0 Å². The van der Waals surface area contributed by atoms with E-state index < -0.39 is 6.10 Å². The molecule has 1 aromatic carbocycles. The van der Waals surface area contributed by atoms with Gasteiger partial charge >= 0.3 is 5.97 Å². The highest BCUT2D eigenvalue weighted by Crippen LogP contribution is 2.29. The van der Waals surface area contributed by atoms with Gasteiger partial charge in [-0.3, -0.25) is 9.59 Å². The monoisotopic (exact) mass is 394 g/mol. The van der Waals surface area contributed by atoms with E-state index in [1.807, 2.05) is 42.2 Å². The van der Waals surface area contributed by atoms with E-state index >= 15 is 0 Å². The Hall–Kier alpha value is -2.89. The smallest absolute Gasteiger partial charge is 0.306 e. The van der Waals surface area contributed by atoms with Gasteiger partial charge in [0.05, 0.1) is 6.54 Å². The molecule has 1 saturated heterocycles. The van der Waals surface area contributed by atoms with Crippen molar-refractivity contribution in [1.82, 2.24) is 10.1 Å². The van der Waals surface area contributed by atoms with E-state index in [1.165, 1.54) is 0 Å². The SMILES string of the molecule is Cc1onc(-c2ccccc2)c1CN(C[C@H]1CC=CCC1)C(=O)[C@H]1CCC(=O)O1. The van der Waals surface area contributed by atoms with E-state index in [0.29, 0.717) is 37.6 Å². The maximum atomic E-state index is 13.2. The van der Waals surface area contributed by atoms with E-state index in [9.17, 15) is 9.59 Å². The maximum absolute atomic E-state index is 13.2. The van der Waals surface area contributed by atoms with Gasteiger partial charge < -0.3 is 14.2 Å². The summed E-state index contributed by atoms with van der Waals surface area (Å²) in [5.41, 5.74) is 2.62. The third-order valence-corrected chi connectivity index (χ3v) is 5.71. The van der Waals surface area contributed by atoms with Crippen molar-refractivity contribution in [2.75, 3.05) is 6.54 Å². The highest BCUT2D eigenvalue weighted by molar-refractivity contribution is 5.86. The lowest BCUT2D eigenvalue weighted by Gasteiger charge is -2.30. The number of hydrogen-bond donors (Lipinski definition) is 0. The first kappa shape index (κ1) is 19.4. The number of benzene rings is 1. The predicted molar refractivity (Wildman–Crippen MR) is 108 cm³/mol. The molecular formula is C23H26N2O4. The molecule has 0 bridgehead atoms. The molecule has 0 unspecified atom stereocenters. The fourth-order valence-electron chi connectivity index (χ4n) is 4.06. The Bertz CT molecular complexity index is 903. The second kappa shape index (κ2) is 8.64. The van der Waals surface area contributed by atoms with Crippen LogP contribution in [0.4, 0.5) is 0 Å². The zero-order valence-corrected chi connectivity index (χ0v) is 16.7. The molecule has 1 aliphatic carbocycles. The van der Waals surface area contributed by atoms with Gasteiger partial charge in [-0.05, 0) is 32.1 Å². The standard InChI is InChI=1S/C23H26N2O4/c1-16-19(22(24-29-16)18-10-6-3-7-11-18)15-25(14-17-8-4-2-5-9-17)23(27)20-12-13-21(26)28-20/h2-4,6-7,10-11,17,20H,5,8-9,12-15H2,1H3/t17-,20+/m0/s1. The molecule has 2 aromatic rings. The third-order valence-electron chi connectivity index (χ3n) is 5.71. The molecule has 0 saturated carbocycles. The fourth-order valence-corrected chi connectivity index (χ4v) is 4.06. The number of carbonyl (C=O) groups excluding carboxylic acids is 2. The largest absolute Gasteiger partial charge is 0.452 e. The van der Waals surface area contributed by atoms with Crippen LogP contribution in [0.3, 0.4) is 0 Å². The highest BCUT2D eigenvalue weighted by atomic mass is 16.6. The van der Waals surface area contributed by atoms with Crippen LogP contribution >= 0.6 is 0 Å². The van der Waals surface area contributed by atoms with Crippen LogP contribution in [0, 0.1) is 12.8 Å². The lowest BCUT2D eigenvalue weighted by Crippen LogP contribution is -2.41. The van der Waals surface area contributed by atoms with Gasteiger partial charge in [-0.15, -0.1) is 0 Å². The molecule has 0 N–H and O–H groups in total. The third kappa shape index (κ3) is 4.42. The molecule has 4 rings (SSSR count). The van der Waals surface area contributed by atoms with E-state index in [4.69, 9.17) is 9.26 Å². The minimum atomic E-state index is -0.679. The van der Waals surface area contributed by atoms with Gasteiger partial charge in [0.15, 0.2) is 6.10 Å². The van der Waals surface area contributed by atoms with Crippen molar-refractivity contribution >= 4 is 11.9 Å². The summed E-state index contributed by atoms with van der Waals surface area (Å²) in [5.74, 6) is 0.690. The Morgan fingerprint density at radius 1 is 1.21 bits per heavy atom. The summed E-state index contributed by atoms with van der Waals surface area (Å²) in [6.07, 6.45) is 7.51. The van der Waals surface area contributed by atoms with Crippen LogP contribution in [0.1, 0.15) is 43.4 Å². The summed E-state index contributed by atoms with van der Waals surface area (Å²) in [6.45, 7) is 2.90. The van der Waals surface area contributed by atoms with Crippen LogP contribution in [0.25, 0.3) is 11.3 Å². The second-order valence-corrected chi connectivity index (χ2v) is 7.82. The zero-order chi connectivity index (χ0) is 20.2. The number of rotatable bonds is 6. The van der Waals surface area contributed by atoms with Gasteiger partial charge in [0.2, 0.25) is 0 Å². The topological polar surface area (TPSA) is 72.6 Å². The second-order valence-electron chi connectivity index (χ2n) is 7.82. The minimum absolute atomic E-state index is 0.120. The van der Waals surface area contributed by atoms with Gasteiger partial charge in [-0.25, -0.2) is 0 Å². The number of nitrogens with zero attached hydrogens (tertiary/aromatic N) is 2. The molecule has 6 nitrogen and oxygen atoms in total. The minimum Gasteiger partial charge on any atom is -0.452 e. The number of hydrogen-bond acceptors (Lipinski definition) is 5. The molecule has 152 valence electrons. The molecule has 2 atom stereocenters. The van der Waals surface area contributed by atoms with Crippen LogP contribution in [-0.2, 0) is 20.9 Å². The van der Waals surface area contributed by atoms with Crippen LogP contribution in [0.15, 0.2) is 47.0 Å². The Kier molecular flexibility index (Phi) is 5.79. The van der Waals surface area contributed by atoms with Crippen molar-refractivity contribution < 1.29 is 18.8 Å². The molecule has 2 heterocycles. The van der Waals surface area contributed by atoms with Gasteiger partial charge in [0.1, 0.15) is 11.5 Å². The lowest BCUT2D eigenvalue weighted by atomic mass is 9.93. The molecule has 29 heavy (non-hydrogen) atoms. The normalized spacial score (nSPS) is 21.2. The molecule has 1 aliphatic heterocycles. The number of aromatic nitrogens is 1. The average molecular weight is 394 g/mol. The van der Waals surface area contributed by atoms with Crippen LogP contribution in [0.5, 0.6) is 0 Å². The lowest BCUT2D eigenvalue weighted by molar-refractivity contribution is -0.153. The summed E-state index contributed by atoms with van der Waals surface area (Å²) in [5, 5.41) is 4.25. The first-order valence-electron chi connectivity index (χ1n) is 10.3. The number of cyclic esters (lactones) is 1. The quantitative estimate of drug-likeness (QED) is 0.546. The Morgan fingerprint density at radius 3 is 2.72 bits per heavy atom. The zero-order valence-electron chi connectivity index (χ0n) is 16.7. The highest BCUT2D eigenvalue weighted by Gasteiger charge is 2.35. The maximum Gasteiger partial charge on any atom is 0.306 e. The Balaban J connectivity index is 1.60. The number of allylic oxidation sites excluding steroid dienone is 2. The number of carbonyl (C=O) groups is 2. The number of esters is 1. The molecular weight excluding hydrogens is 368 g/mol. The fraction of sp³-hybridized carbons (Fsp3) is 0.435. The number of aryl methyl sites for hydroxylation is 1. The van der Waals surface area contributed by atoms with Crippen molar-refractivity contribution in [2.45, 2.75) is 51.7 Å². The van der Waals surface area contributed by atoms with E-state index in [-0.39, 0.29) is 11.9 Å². The Morgan fingerprint density at radius 2 is 2.03 bits per heavy atom. The molecule has 0 radical (unpaired) electrons. The average Bonchev–Trinajstić information content (AvgIpc) is 3.34. The molecule has 1 aromatic heterocycles. The molecule has 6 heteroatoms. The summed E-state index contributed by atoms with van der Waals surface area (Å²) in [7, 11) is 0. The van der Waals surface area contributed by atoms with Crippen LogP contribution in [-0.4, -0.2) is 34.6 Å². The first-order chi connectivity index (χ1) is 14.1. The van der Waals surface area contributed by atoms with Gasteiger partial charge in [0.25, 0.3) is 5.91 Å². The summed E-state index contributed by atoms with van der Waals surface area (Å²) >= 11 is 0. The van der Waals surface area contributed by atoms with Crippen molar-refractivity contribution in [2.24, 2.45) is 5.92 Å². The molecule has 1 amide bonds. The number of ether oxygens (including phenoxy) is 1. The van der Waals surface area contributed by atoms with Crippen LogP contribution < -0.4 is 0 Å². The van der Waals surface area contributed by atoms with E-state index in [1.54, 1.807) is 0 Å². The first-order valence-corrected chi connectivity index (χ1v) is 10.3. The Labute approximate surface area is 170 Å². The molecule has 1 fully saturated rings. The van der Waals surface area contributed by atoms with Crippen molar-refractivity contribution in [3.63, 3.8) is 0 Å². The van der Waals surface area contributed by atoms with Crippen molar-refractivity contribution in [3.05, 3.63) is 53.8 Å². The number of amides is 1. The van der Waals surface area contributed by atoms with Gasteiger partial charge in [-0.1, -0.05) is 47.6 Å².